The van der Waals surface area contributed by atoms with Crippen LogP contribution in [0.4, 0.5) is 5.69 Å². The molecule has 1 amide bonds. The van der Waals surface area contributed by atoms with Crippen LogP contribution in [0.25, 0.3) is 28.5 Å². The van der Waals surface area contributed by atoms with Gasteiger partial charge in [-0.05, 0) is 36.8 Å². The number of aromatic nitrogens is 2. The molecular formula is C23H21N3O4. The van der Waals surface area contributed by atoms with Crippen molar-refractivity contribution in [3.05, 3.63) is 66.1 Å². The molecule has 2 aromatic carbocycles. The first-order chi connectivity index (χ1) is 14.6. The first kappa shape index (κ1) is 19.3. The zero-order chi connectivity index (χ0) is 21.1. The van der Waals surface area contributed by atoms with Crippen LogP contribution < -0.4 is 14.8 Å². The first-order valence-corrected chi connectivity index (χ1v) is 9.32. The maximum atomic E-state index is 12.3. The van der Waals surface area contributed by atoms with Crippen molar-refractivity contribution in [3.8, 4) is 22.9 Å². The third-order valence-corrected chi connectivity index (χ3v) is 4.70. The molecule has 0 atom stereocenters. The monoisotopic (exact) mass is 403 g/mol. The molecule has 0 aliphatic carbocycles. The Kier molecular flexibility index (Phi) is 5.26. The average molecular weight is 403 g/mol. The van der Waals surface area contributed by atoms with Crippen LogP contribution in [0.15, 0.2) is 59.2 Å². The van der Waals surface area contributed by atoms with Crippen LogP contribution in [0, 0.1) is 6.92 Å². The molecular weight excluding hydrogens is 382 g/mol. The number of hydrogen-bond donors (Lipinski definition) is 2. The Morgan fingerprint density at radius 2 is 1.93 bits per heavy atom. The van der Waals surface area contributed by atoms with E-state index < -0.39 is 0 Å². The van der Waals surface area contributed by atoms with Gasteiger partial charge < -0.3 is 24.2 Å². The van der Waals surface area contributed by atoms with Crippen molar-refractivity contribution in [1.29, 1.82) is 0 Å². The highest BCUT2D eigenvalue weighted by Gasteiger charge is 2.12. The molecule has 30 heavy (non-hydrogen) atoms. The molecule has 0 radical (unpaired) electrons. The van der Waals surface area contributed by atoms with Gasteiger partial charge in [0.2, 0.25) is 5.91 Å². The number of nitrogens with zero attached hydrogens (tertiary/aromatic N) is 1. The number of nitrogens with one attached hydrogen (secondary N) is 2. The van der Waals surface area contributed by atoms with Crippen LogP contribution in [0.2, 0.25) is 0 Å². The topological polar surface area (TPSA) is 89.4 Å². The molecule has 4 aromatic rings. The second-order valence-corrected chi connectivity index (χ2v) is 6.68. The summed E-state index contributed by atoms with van der Waals surface area (Å²) in [5.41, 5.74) is 4.08. The quantitative estimate of drug-likeness (QED) is 0.452. The summed E-state index contributed by atoms with van der Waals surface area (Å²) in [7, 11) is 3.18. The van der Waals surface area contributed by atoms with Crippen molar-refractivity contribution >= 4 is 28.7 Å². The highest BCUT2D eigenvalue weighted by Crippen LogP contribution is 2.33. The van der Waals surface area contributed by atoms with Crippen molar-refractivity contribution < 1.29 is 18.7 Å². The molecule has 0 saturated carbocycles. The Morgan fingerprint density at radius 1 is 1.13 bits per heavy atom. The lowest BCUT2D eigenvalue weighted by molar-refractivity contribution is -0.111. The third-order valence-electron chi connectivity index (χ3n) is 4.70. The molecule has 0 aliphatic rings. The lowest BCUT2D eigenvalue weighted by Crippen LogP contribution is -2.09. The zero-order valence-corrected chi connectivity index (χ0v) is 16.9. The fourth-order valence-corrected chi connectivity index (χ4v) is 3.10. The Morgan fingerprint density at radius 3 is 2.67 bits per heavy atom. The minimum Gasteiger partial charge on any atom is -0.493 e. The SMILES string of the molecule is COc1cc2nc(-c3ccc(C)c(NC(=O)/C=C/c4ccco4)c3)[nH]c2cc1OC. The zero-order valence-electron chi connectivity index (χ0n) is 16.9. The molecule has 0 spiro atoms. The van der Waals surface area contributed by atoms with Gasteiger partial charge in [0, 0.05) is 29.5 Å². The maximum Gasteiger partial charge on any atom is 0.248 e. The molecule has 152 valence electrons. The van der Waals surface area contributed by atoms with Crippen LogP contribution >= 0.6 is 0 Å². The Hall–Kier alpha value is -4.00. The number of carbonyl (C=O) groups excluding carboxylic acids is 1. The highest BCUT2D eigenvalue weighted by molar-refractivity contribution is 6.02. The van der Waals surface area contributed by atoms with Gasteiger partial charge in [0.25, 0.3) is 0 Å². The predicted octanol–water partition coefficient (Wildman–Crippen LogP) is 4.80. The Balaban J connectivity index is 1.61. The third kappa shape index (κ3) is 3.91. The van der Waals surface area contributed by atoms with Gasteiger partial charge in [0.05, 0.1) is 31.5 Å². The number of imidazole rings is 1. The number of hydrogen-bond acceptors (Lipinski definition) is 5. The molecule has 0 unspecified atom stereocenters. The molecule has 2 aromatic heterocycles. The number of methoxy groups -OCH3 is 2. The van der Waals surface area contributed by atoms with Gasteiger partial charge in [-0.15, -0.1) is 0 Å². The van der Waals surface area contributed by atoms with Crippen molar-refractivity contribution in [2.75, 3.05) is 19.5 Å². The fraction of sp³-hybridized carbons (Fsp3) is 0.130. The number of rotatable bonds is 6. The summed E-state index contributed by atoms with van der Waals surface area (Å²) in [6.07, 6.45) is 4.61. The molecule has 7 nitrogen and oxygen atoms in total. The maximum absolute atomic E-state index is 12.3. The van der Waals surface area contributed by atoms with E-state index in [4.69, 9.17) is 13.9 Å². The van der Waals surface area contributed by atoms with Gasteiger partial charge >= 0.3 is 0 Å². The summed E-state index contributed by atoms with van der Waals surface area (Å²) in [5, 5.41) is 2.90. The van der Waals surface area contributed by atoms with E-state index in [1.54, 1.807) is 38.7 Å². The van der Waals surface area contributed by atoms with E-state index in [0.717, 1.165) is 22.2 Å². The number of ether oxygens (including phenoxy) is 2. The summed E-state index contributed by atoms with van der Waals surface area (Å²) in [5.74, 6) is 2.29. The van der Waals surface area contributed by atoms with Gasteiger partial charge in [0.15, 0.2) is 11.5 Å². The Bertz CT molecular complexity index is 1180. The molecule has 0 bridgehead atoms. The molecule has 4 rings (SSSR count). The summed E-state index contributed by atoms with van der Waals surface area (Å²) < 4.78 is 15.9. The van der Waals surface area contributed by atoms with Crippen LogP contribution in [0.3, 0.4) is 0 Å². The summed E-state index contributed by atoms with van der Waals surface area (Å²) >= 11 is 0. The molecule has 2 heterocycles. The van der Waals surface area contributed by atoms with Crippen molar-refractivity contribution in [2.24, 2.45) is 0 Å². The van der Waals surface area contributed by atoms with Gasteiger partial charge in [-0.25, -0.2) is 4.98 Å². The predicted molar refractivity (Wildman–Crippen MR) is 116 cm³/mol. The van der Waals surface area contributed by atoms with Gasteiger partial charge in [-0.1, -0.05) is 12.1 Å². The number of furan rings is 1. The smallest absolute Gasteiger partial charge is 0.248 e. The van der Waals surface area contributed by atoms with Crippen LogP contribution in [0.1, 0.15) is 11.3 Å². The van der Waals surface area contributed by atoms with Crippen LogP contribution in [0.5, 0.6) is 11.5 Å². The normalized spacial score (nSPS) is 11.2. The lowest BCUT2D eigenvalue weighted by atomic mass is 10.1. The minimum atomic E-state index is -0.245. The molecule has 0 aliphatic heterocycles. The van der Waals surface area contributed by atoms with Crippen LogP contribution in [-0.4, -0.2) is 30.1 Å². The standard InChI is InChI=1S/C23H21N3O4/c1-14-6-7-15(11-17(14)24-22(27)9-8-16-5-4-10-30-16)23-25-18-12-20(28-2)21(29-3)13-19(18)26-23/h4-13H,1-3H3,(H,24,27)(H,25,26)/b9-8+. The molecule has 0 saturated heterocycles. The van der Waals surface area contributed by atoms with Gasteiger partial charge in [0.1, 0.15) is 11.6 Å². The van der Waals surface area contributed by atoms with E-state index in [1.807, 2.05) is 37.3 Å². The number of H-pyrrole nitrogens is 1. The first-order valence-electron chi connectivity index (χ1n) is 9.32. The second kappa shape index (κ2) is 8.16. The molecule has 7 heteroatoms. The summed E-state index contributed by atoms with van der Waals surface area (Å²) in [6, 6.07) is 13.0. The van der Waals surface area contributed by atoms with Crippen LogP contribution in [-0.2, 0) is 4.79 Å². The van der Waals surface area contributed by atoms with E-state index >= 15 is 0 Å². The summed E-state index contributed by atoms with van der Waals surface area (Å²) in [4.78, 5) is 20.3. The van der Waals surface area contributed by atoms with Crippen molar-refractivity contribution in [1.82, 2.24) is 9.97 Å². The largest absolute Gasteiger partial charge is 0.493 e. The van der Waals surface area contributed by atoms with E-state index in [9.17, 15) is 4.79 Å². The minimum absolute atomic E-state index is 0.245. The highest BCUT2D eigenvalue weighted by atomic mass is 16.5. The molecule has 2 N–H and O–H groups in total. The average Bonchev–Trinajstić information content (AvgIpc) is 3.42. The van der Waals surface area contributed by atoms with E-state index in [-0.39, 0.29) is 5.91 Å². The number of aryl methyl sites for hydroxylation is 1. The fourth-order valence-electron chi connectivity index (χ4n) is 3.10. The number of carbonyl (C=O) groups is 1. The number of aromatic amines is 1. The number of benzene rings is 2. The number of amides is 1. The van der Waals surface area contributed by atoms with E-state index in [0.29, 0.717) is 28.8 Å². The Labute approximate surface area is 173 Å². The second-order valence-electron chi connectivity index (χ2n) is 6.68. The van der Waals surface area contributed by atoms with Crippen molar-refractivity contribution in [3.63, 3.8) is 0 Å². The summed E-state index contributed by atoms with van der Waals surface area (Å²) in [6.45, 7) is 1.93. The van der Waals surface area contributed by atoms with Crippen molar-refractivity contribution in [2.45, 2.75) is 6.92 Å². The van der Waals surface area contributed by atoms with Gasteiger partial charge in [-0.2, -0.15) is 0 Å². The number of anilines is 1. The van der Waals surface area contributed by atoms with E-state index in [2.05, 4.69) is 15.3 Å². The molecule has 0 fully saturated rings. The lowest BCUT2D eigenvalue weighted by Gasteiger charge is -2.08. The van der Waals surface area contributed by atoms with Gasteiger partial charge in [-0.3, -0.25) is 4.79 Å². The van der Waals surface area contributed by atoms with E-state index in [1.165, 1.54) is 6.08 Å². The number of fused-ring (bicyclic) bond motifs is 1.